The second-order valence-corrected chi connectivity index (χ2v) is 6.91. The van der Waals surface area contributed by atoms with E-state index in [4.69, 9.17) is 23.2 Å². The summed E-state index contributed by atoms with van der Waals surface area (Å²) in [4.78, 5) is 26.2. The van der Waals surface area contributed by atoms with Gasteiger partial charge in [-0.05, 0) is 49.2 Å². The number of rotatable bonds is 4. The number of nitrogens with zero attached hydrogens (tertiary/aromatic N) is 1. The van der Waals surface area contributed by atoms with Crippen molar-refractivity contribution in [1.29, 1.82) is 0 Å². The molecule has 1 atom stereocenters. The van der Waals surface area contributed by atoms with Crippen LogP contribution in [-0.2, 0) is 4.79 Å². The van der Waals surface area contributed by atoms with E-state index in [2.05, 4.69) is 5.32 Å². The molecule has 3 rings (SSSR count). The predicted molar refractivity (Wildman–Crippen MR) is 100 cm³/mol. The largest absolute Gasteiger partial charge is 0.346 e. The number of hydrogen-bond donors (Lipinski definition) is 1. The van der Waals surface area contributed by atoms with Crippen molar-refractivity contribution in [1.82, 2.24) is 5.32 Å². The van der Waals surface area contributed by atoms with Crippen molar-refractivity contribution >= 4 is 40.7 Å². The van der Waals surface area contributed by atoms with Crippen molar-refractivity contribution in [3.8, 4) is 0 Å². The standard InChI is InChI=1S/C19H18Cl2N2O2/c1-12(13-4-7-15(20)8-5-13)22-19(25)14-6-9-16(21)17(11-14)23-10-2-3-18(23)24/h4-9,11-12H,2-3,10H2,1H3,(H,22,25)/t12-/m1/s1. The molecule has 25 heavy (non-hydrogen) atoms. The molecule has 0 spiro atoms. The summed E-state index contributed by atoms with van der Waals surface area (Å²) in [6.07, 6.45) is 1.32. The van der Waals surface area contributed by atoms with E-state index in [-0.39, 0.29) is 17.9 Å². The summed E-state index contributed by atoms with van der Waals surface area (Å²) >= 11 is 12.1. The lowest BCUT2D eigenvalue weighted by Crippen LogP contribution is -2.28. The lowest BCUT2D eigenvalue weighted by Gasteiger charge is -2.19. The smallest absolute Gasteiger partial charge is 0.251 e. The molecule has 2 aromatic carbocycles. The topological polar surface area (TPSA) is 49.4 Å². The summed E-state index contributed by atoms with van der Waals surface area (Å²) in [6, 6.07) is 12.2. The van der Waals surface area contributed by atoms with Gasteiger partial charge in [-0.25, -0.2) is 0 Å². The molecule has 2 amide bonds. The molecule has 1 aliphatic heterocycles. The fraction of sp³-hybridized carbons (Fsp3) is 0.263. The Kier molecular flexibility index (Phi) is 5.30. The number of carbonyl (C=O) groups excluding carboxylic acids is 2. The summed E-state index contributed by atoms with van der Waals surface area (Å²) in [5.74, 6) is -0.180. The molecule has 0 bridgehead atoms. The fourth-order valence-electron chi connectivity index (χ4n) is 2.88. The lowest BCUT2D eigenvalue weighted by atomic mass is 10.1. The molecule has 0 unspecified atom stereocenters. The van der Waals surface area contributed by atoms with Gasteiger partial charge in [-0.15, -0.1) is 0 Å². The Bertz CT molecular complexity index is 806. The number of hydrogen-bond acceptors (Lipinski definition) is 2. The van der Waals surface area contributed by atoms with Gasteiger partial charge in [0, 0.05) is 23.6 Å². The molecule has 6 heteroatoms. The van der Waals surface area contributed by atoms with Gasteiger partial charge in [-0.2, -0.15) is 0 Å². The minimum Gasteiger partial charge on any atom is -0.346 e. The summed E-state index contributed by atoms with van der Waals surface area (Å²) in [7, 11) is 0. The van der Waals surface area contributed by atoms with Crippen molar-refractivity contribution in [3.63, 3.8) is 0 Å². The minimum absolute atomic E-state index is 0.0361. The van der Waals surface area contributed by atoms with Crippen LogP contribution in [0.15, 0.2) is 42.5 Å². The van der Waals surface area contributed by atoms with Crippen LogP contribution in [0.5, 0.6) is 0 Å². The van der Waals surface area contributed by atoms with Crippen molar-refractivity contribution in [3.05, 3.63) is 63.6 Å². The Morgan fingerprint density at radius 3 is 2.52 bits per heavy atom. The third-order valence-corrected chi connectivity index (χ3v) is 4.86. The second-order valence-electron chi connectivity index (χ2n) is 6.06. The maximum atomic E-state index is 12.6. The Morgan fingerprint density at radius 1 is 1.16 bits per heavy atom. The van der Waals surface area contributed by atoms with Crippen LogP contribution in [0.3, 0.4) is 0 Å². The first-order valence-electron chi connectivity index (χ1n) is 8.12. The van der Waals surface area contributed by atoms with E-state index in [1.165, 1.54) is 0 Å². The first-order chi connectivity index (χ1) is 12.0. The maximum absolute atomic E-state index is 12.6. The molecule has 0 radical (unpaired) electrons. The van der Waals surface area contributed by atoms with Gasteiger partial charge in [-0.3, -0.25) is 9.59 Å². The highest BCUT2D eigenvalue weighted by molar-refractivity contribution is 6.34. The first kappa shape index (κ1) is 17.8. The Balaban J connectivity index is 1.78. The zero-order valence-corrected chi connectivity index (χ0v) is 15.3. The second kappa shape index (κ2) is 7.46. The van der Waals surface area contributed by atoms with Crippen LogP contribution in [0.4, 0.5) is 5.69 Å². The molecule has 1 fully saturated rings. The average Bonchev–Trinajstić information content (AvgIpc) is 3.01. The van der Waals surface area contributed by atoms with Crippen molar-refractivity contribution in [2.75, 3.05) is 11.4 Å². The molecule has 130 valence electrons. The summed E-state index contributed by atoms with van der Waals surface area (Å²) in [5, 5.41) is 4.07. The van der Waals surface area contributed by atoms with E-state index < -0.39 is 0 Å². The third-order valence-electron chi connectivity index (χ3n) is 4.29. The van der Waals surface area contributed by atoms with Crippen LogP contribution < -0.4 is 10.2 Å². The monoisotopic (exact) mass is 376 g/mol. The summed E-state index contributed by atoms with van der Waals surface area (Å²) in [5.41, 5.74) is 2.03. The normalized spacial score (nSPS) is 15.3. The van der Waals surface area contributed by atoms with E-state index in [0.717, 1.165) is 12.0 Å². The van der Waals surface area contributed by atoms with Crippen LogP contribution in [0.2, 0.25) is 10.0 Å². The predicted octanol–water partition coefficient (Wildman–Crippen LogP) is 4.61. The number of amides is 2. The highest BCUT2D eigenvalue weighted by atomic mass is 35.5. The van der Waals surface area contributed by atoms with Gasteiger partial charge in [0.25, 0.3) is 5.91 Å². The SMILES string of the molecule is C[C@@H](NC(=O)c1ccc(Cl)c(N2CCCC2=O)c1)c1ccc(Cl)cc1. The molecule has 1 heterocycles. The van der Waals surface area contributed by atoms with Gasteiger partial charge in [0.05, 0.1) is 16.8 Å². The highest BCUT2D eigenvalue weighted by Crippen LogP contribution is 2.30. The molecule has 0 aliphatic carbocycles. The first-order valence-corrected chi connectivity index (χ1v) is 8.87. The van der Waals surface area contributed by atoms with Crippen LogP contribution in [0.25, 0.3) is 0 Å². The van der Waals surface area contributed by atoms with Crippen LogP contribution >= 0.6 is 23.2 Å². The fourth-order valence-corrected chi connectivity index (χ4v) is 3.22. The van der Waals surface area contributed by atoms with E-state index in [1.54, 1.807) is 35.2 Å². The van der Waals surface area contributed by atoms with Crippen molar-refractivity contribution in [2.45, 2.75) is 25.8 Å². The van der Waals surface area contributed by atoms with Crippen molar-refractivity contribution in [2.24, 2.45) is 0 Å². The molecular formula is C19H18Cl2N2O2. The number of halogens is 2. The van der Waals surface area contributed by atoms with E-state index in [1.807, 2.05) is 19.1 Å². The number of anilines is 1. The summed E-state index contributed by atoms with van der Waals surface area (Å²) in [6.45, 7) is 2.53. The summed E-state index contributed by atoms with van der Waals surface area (Å²) < 4.78 is 0. The Morgan fingerprint density at radius 2 is 1.88 bits per heavy atom. The third kappa shape index (κ3) is 3.97. The quantitative estimate of drug-likeness (QED) is 0.846. The van der Waals surface area contributed by atoms with Gasteiger partial charge in [0.2, 0.25) is 5.91 Å². The van der Waals surface area contributed by atoms with Crippen LogP contribution in [0, 0.1) is 0 Å². The molecule has 1 saturated heterocycles. The van der Waals surface area contributed by atoms with Crippen LogP contribution in [-0.4, -0.2) is 18.4 Å². The van der Waals surface area contributed by atoms with Gasteiger partial charge in [0.1, 0.15) is 0 Å². The lowest BCUT2D eigenvalue weighted by molar-refractivity contribution is -0.117. The average molecular weight is 377 g/mol. The minimum atomic E-state index is -0.216. The van der Waals surface area contributed by atoms with E-state index in [9.17, 15) is 9.59 Å². The molecule has 1 N–H and O–H groups in total. The van der Waals surface area contributed by atoms with Crippen LogP contribution in [0.1, 0.15) is 41.7 Å². The van der Waals surface area contributed by atoms with Crippen molar-refractivity contribution < 1.29 is 9.59 Å². The molecule has 0 saturated carbocycles. The maximum Gasteiger partial charge on any atom is 0.251 e. The highest BCUT2D eigenvalue weighted by Gasteiger charge is 2.24. The van der Waals surface area contributed by atoms with Gasteiger partial charge < -0.3 is 10.2 Å². The number of nitrogens with one attached hydrogen (secondary N) is 1. The Labute approximate surface area is 156 Å². The number of carbonyl (C=O) groups is 2. The van der Waals surface area contributed by atoms with E-state index >= 15 is 0 Å². The number of benzene rings is 2. The van der Waals surface area contributed by atoms with Gasteiger partial charge in [-0.1, -0.05) is 35.3 Å². The molecular weight excluding hydrogens is 359 g/mol. The molecule has 4 nitrogen and oxygen atoms in total. The van der Waals surface area contributed by atoms with Gasteiger partial charge >= 0.3 is 0 Å². The van der Waals surface area contributed by atoms with E-state index in [0.29, 0.717) is 34.3 Å². The molecule has 1 aliphatic rings. The molecule has 0 aromatic heterocycles. The zero-order chi connectivity index (χ0) is 18.0. The van der Waals surface area contributed by atoms with Gasteiger partial charge in [0.15, 0.2) is 0 Å². The zero-order valence-electron chi connectivity index (χ0n) is 13.8. The molecule has 2 aromatic rings. The Hall–Kier alpha value is -2.04.